The van der Waals surface area contributed by atoms with E-state index in [2.05, 4.69) is 16.0 Å². The molecule has 0 aromatic carbocycles. The summed E-state index contributed by atoms with van der Waals surface area (Å²) in [4.78, 5) is 73.4. The predicted molar refractivity (Wildman–Crippen MR) is 366 cm³/mol. The summed E-state index contributed by atoms with van der Waals surface area (Å²) in [5.74, 6) is -1.53. The van der Waals surface area contributed by atoms with Gasteiger partial charge in [-0.1, -0.05) is 48.3 Å². The summed E-state index contributed by atoms with van der Waals surface area (Å²) < 4.78 is 114. The molecule has 3 aliphatic rings. The molecule has 10 unspecified atom stereocenters. The molecule has 0 aromatic rings. The smallest absolute Gasteiger partial charge is 0.217 e. The summed E-state index contributed by atoms with van der Waals surface area (Å²) in [7, 11) is 1.21. The van der Waals surface area contributed by atoms with Gasteiger partial charge >= 0.3 is 0 Å². The van der Waals surface area contributed by atoms with Gasteiger partial charge in [-0.25, -0.2) is 0 Å². The summed E-state index contributed by atoms with van der Waals surface area (Å²) in [6.07, 6.45) is -11.0. The van der Waals surface area contributed by atoms with Crippen LogP contribution in [0.25, 0.3) is 0 Å². The molecule has 19 atom stereocenters. The molecule has 602 valence electrons. The second kappa shape index (κ2) is 52.1. The maximum absolute atomic E-state index is 13.1. The van der Waals surface area contributed by atoms with Crippen molar-refractivity contribution in [3.8, 4) is 0 Å². The lowest BCUT2D eigenvalue weighted by Crippen LogP contribution is -2.64. The lowest BCUT2D eigenvalue weighted by atomic mass is 9.92. The number of rotatable bonds is 59. The van der Waals surface area contributed by atoms with Crippen LogP contribution in [-0.2, 0) is 150 Å². The number of nitrogens with one attached hydrogen (secondary N) is 3. The van der Waals surface area contributed by atoms with Crippen molar-refractivity contribution < 1.29 is 163 Å². The number of aliphatic hydroxyl groups is 9. The van der Waals surface area contributed by atoms with Gasteiger partial charge in [-0.3, -0.25) is 18.9 Å². The van der Waals surface area contributed by atoms with Crippen LogP contribution in [-0.4, -0.2) is 301 Å². The zero-order valence-electron chi connectivity index (χ0n) is 57.9. The van der Waals surface area contributed by atoms with Crippen molar-refractivity contribution in [2.45, 2.75) is 196 Å². The molecule has 3 fully saturated rings. The highest BCUT2D eigenvalue weighted by Gasteiger charge is 2.48. The standard InChI is InChI=1S/C57H111N3O34P4S4/c1-39(64)58-45-51(70)48(67)42(32-61)92-54(45)82-22-9-12-26-86-96(74,100)89-29-15-19-79-36-57(35-78-18-7-5-6-8-25-85-95(73,99)77-4,37-80-20-16-30-90-97(75,101)87-27-13-10-23-83-55-46(59-40(2)65)52(71)49(68)43(33-62)93-55)38-81-21-17-31-91-98(76,102)88-28-14-11-24-84-56-47(60-41(3)66)53(72)50(69)44(34-63)94-56/h42-56,61-63,67-72H,5-38H2,1-4H3,(H,58,64)(H,59,65)(H,60,66)(H,73,99)(H,74,100)(H,75,101)(H,76,102)/p-4/t42?,43?,44?,45?,46?,47?,48-,49-,50-,51+,52+,53+,54+,55+,56+,57?,95?,96?,97?,98?/m0/s1. The van der Waals surface area contributed by atoms with Gasteiger partial charge in [-0.2, -0.15) is 0 Å². The van der Waals surface area contributed by atoms with Crippen molar-refractivity contribution >= 4 is 92.3 Å². The Hall–Kier alpha value is -0.260. The molecule has 3 aliphatic heterocycles. The number of amides is 3. The molecule has 0 aliphatic carbocycles. The monoisotopic (exact) mass is 1630 g/mol. The molecule has 102 heavy (non-hydrogen) atoms. The first-order valence-electron chi connectivity index (χ1n) is 33.5. The highest BCUT2D eigenvalue weighted by Crippen LogP contribution is 2.46. The molecule has 0 bridgehead atoms. The number of hydrogen-bond acceptors (Lipinski definition) is 38. The van der Waals surface area contributed by atoms with Gasteiger partial charge in [0.05, 0.1) is 97.9 Å². The number of ether oxygens (including phenoxy) is 10. The summed E-state index contributed by atoms with van der Waals surface area (Å²) in [5, 5.41) is 98.6. The second-order valence-corrected chi connectivity index (χ2v) is 35.1. The first-order valence-corrected chi connectivity index (χ1v) is 43.7. The maximum Gasteiger partial charge on any atom is 0.217 e. The van der Waals surface area contributed by atoms with Crippen molar-refractivity contribution in [3.63, 3.8) is 0 Å². The van der Waals surface area contributed by atoms with E-state index < -0.39 is 162 Å². The van der Waals surface area contributed by atoms with Gasteiger partial charge in [0, 0.05) is 74.1 Å². The van der Waals surface area contributed by atoms with Gasteiger partial charge in [0.1, 0.15) is 93.2 Å². The summed E-state index contributed by atoms with van der Waals surface area (Å²) in [6.45, 7) is -13.8. The molecule has 3 saturated heterocycles. The summed E-state index contributed by atoms with van der Waals surface area (Å²) >= 11 is 20.1. The third kappa shape index (κ3) is 39.1. The number of unbranched alkanes of at least 4 members (excludes halogenated alkanes) is 6. The fraction of sp³-hybridized carbons (Fsp3) is 0.947. The number of hydrogen-bond donors (Lipinski definition) is 12. The highest BCUT2D eigenvalue weighted by molar-refractivity contribution is 8.32. The Morgan fingerprint density at radius 3 is 0.941 bits per heavy atom. The Morgan fingerprint density at radius 2 is 0.647 bits per heavy atom. The van der Waals surface area contributed by atoms with Crippen LogP contribution in [0.5, 0.6) is 0 Å². The molecule has 0 aromatic heterocycles. The summed E-state index contributed by atoms with van der Waals surface area (Å²) in [5.41, 5.74) is -1.03. The minimum atomic E-state index is -3.98. The van der Waals surface area contributed by atoms with Crippen molar-refractivity contribution in [2.24, 2.45) is 5.41 Å². The van der Waals surface area contributed by atoms with Crippen LogP contribution in [0, 0.1) is 5.41 Å². The largest absolute Gasteiger partial charge is 0.780 e. The van der Waals surface area contributed by atoms with Crippen LogP contribution in [0.15, 0.2) is 0 Å². The molecular weight excluding hydrogens is 1520 g/mol. The number of aliphatic hydroxyl groups excluding tert-OH is 9. The summed E-state index contributed by atoms with van der Waals surface area (Å²) in [6, 6.07) is -3.37. The fourth-order valence-electron chi connectivity index (χ4n) is 10.00. The van der Waals surface area contributed by atoms with Gasteiger partial charge in [0.25, 0.3) is 0 Å². The molecular formula is C57H107N3O34P4S4-4. The fourth-order valence-corrected chi connectivity index (χ4v) is 14.4. The average Bonchev–Trinajstić information content (AvgIpc) is 0.820. The lowest BCUT2D eigenvalue weighted by Gasteiger charge is -2.42. The first-order chi connectivity index (χ1) is 48.3. The number of carbonyl (C=O) groups is 3. The molecule has 45 heteroatoms. The minimum absolute atomic E-state index is 0.0217. The predicted octanol–water partition coefficient (Wildman–Crippen LogP) is -2.84. The van der Waals surface area contributed by atoms with Crippen molar-refractivity contribution in [1.29, 1.82) is 0 Å². The third-order valence-electron chi connectivity index (χ3n) is 15.3. The van der Waals surface area contributed by atoms with Crippen LogP contribution in [0.4, 0.5) is 0 Å². The molecule has 12 N–H and O–H groups in total. The van der Waals surface area contributed by atoms with Crippen molar-refractivity contribution in [1.82, 2.24) is 16.0 Å². The van der Waals surface area contributed by atoms with E-state index in [1.165, 1.54) is 27.9 Å². The first kappa shape index (κ1) is 95.9. The van der Waals surface area contributed by atoms with Crippen LogP contribution in [0.2, 0.25) is 0 Å². The molecule has 3 amide bonds. The Morgan fingerprint density at radius 1 is 0.402 bits per heavy atom. The van der Waals surface area contributed by atoms with E-state index in [0.29, 0.717) is 44.9 Å². The minimum Gasteiger partial charge on any atom is -0.780 e. The van der Waals surface area contributed by atoms with Crippen LogP contribution < -0.4 is 30.6 Å². The van der Waals surface area contributed by atoms with E-state index in [1.54, 1.807) is 0 Å². The lowest BCUT2D eigenvalue weighted by molar-refractivity contribution is -0.270. The molecule has 0 saturated carbocycles. The third-order valence-corrected chi connectivity index (χ3v) is 21.9. The van der Waals surface area contributed by atoms with E-state index in [9.17, 15) is 79.6 Å². The van der Waals surface area contributed by atoms with Crippen LogP contribution in [0.1, 0.15) is 104 Å². The Labute approximate surface area is 615 Å². The van der Waals surface area contributed by atoms with E-state index in [-0.39, 0.29) is 157 Å². The van der Waals surface area contributed by atoms with Gasteiger partial charge in [-0.05, 0) is 70.6 Å². The molecule has 0 spiro atoms. The Kier molecular flexibility index (Phi) is 49.0. The van der Waals surface area contributed by atoms with Gasteiger partial charge in [-0.15, -0.1) is 0 Å². The van der Waals surface area contributed by atoms with Crippen LogP contribution in [0.3, 0.4) is 0 Å². The molecule has 3 rings (SSSR count). The van der Waals surface area contributed by atoms with E-state index in [1.807, 2.05) is 0 Å². The molecule has 0 radical (unpaired) electrons. The van der Waals surface area contributed by atoms with Gasteiger partial charge in [0.15, 0.2) is 25.7 Å². The Bertz CT molecular complexity index is 2300. The second-order valence-electron chi connectivity index (χ2n) is 24.0. The van der Waals surface area contributed by atoms with Crippen molar-refractivity contribution in [2.75, 3.05) is 146 Å². The Balaban J connectivity index is 1.60. The van der Waals surface area contributed by atoms with E-state index in [0.717, 1.165) is 0 Å². The van der Waals surface area contributed by atoms with Gasteiger partial charge in [0.2, 0.25) is 17.7 Å². The average molecular weight is 1630 g/mol. The maximum atomic E-state index is 13.1. The zero-order chi connectivity index (χ0) is 75.8. The highest BCUT2D eigenvalue weighted by atomic mass is 32.7. The van der Waals surface area contributed by atoms with Gasteiger partial charge < -0.3 is 172 Å². The zero-order valence-corrected chi connectivity index (χ0v) is 64.7. The number of carbonyl (C=O) groups excluding carboxylic acids is 3. The SMILES string of the molecule is COP([O-])(=S)OCCCCCCOCC(COCCCOP(=O)([S-])OCCCCO[C@@H]1OC(CO)[C@H](O)[C@H](O)C1NC(C)=O)(COCCCOP([O-])(=S)OCCCCO[C@@H]1OC(CO)[C@H](O)[C@H](O)C1NC(C)=O)COCCCOP([O-])(=S)OCCCCO[C@@H]1OC(CO)[C@H](O)[C@H](O)C1NC(C)=O. The topological polar surface area (TPSA) is 522 Å². The normalized spacial score (nSPS) is 28.5. The van der Waals surface area contributed by atoms with Crippen LogP contribution >= 0.6 is 27.0 Å². The van der Waals surface area contributed by atoms with E-state index in [4.69, 9.17) is 131 Å². The van der Waals surface area contributed by atoms with Crippen molar-refractivity contribution in [3.05, 3.63) is 0 Å². The molecule has 3 heterocycles. The van der Waals surface area contributed by atoms with E-state index >= 15 is 0 Å². The molecule has 37 nitrogen and oxygen atoms in total. The quantitative estimate of drug-likeness (QED) is 0.0166.